The molecule has 2 aliphatic rings. The van der Waals surface area contributed by atoms with E-state index in [1.807, 2.05) is 24.3 Å². The van der Waals surface area contributed by atoms with E-state index >= 15 is 0 Å². The lowest BCUT2D eigenvalue weighted by molar-refractivity contribution is -0.134. The zero-order valence-corrected chi connectivity index (χ0v) is 21.9. The van der Waals surface area contributed by atoms with E-state index in [0.29, 0.717) is 54.2 Å². The van der Waals surface area contributed by atoms with Crippen LogP contribution < -0.4 is 10.1 Å². The van der Waals surface area contributed by atoms with Crippen LogP contribution in [-0.2, 0) is 22.6 Å². The van der Waals surface area contributed by atoms with Crippen LogP contribution in [-0.4, -0.2) is 64.0 Å². The minimum Gasteiger partial charge on any atom is -0.480 e. The molecule has 1 aliphatic carbocycles. The van der Waals surface area contributed by atoms with E-state index in [-0.39, 0.29) is 13.0 Å². The van der Waals surface area contributed by atoms with E-state index in [9.17, 15) is 13.6 Å². The number of benzene rings is 1. The minimum absolute atomic E-state index is 0.0915. The predicted octanol–water partition coefficient (Wildman–Crippen LogP) is 4.46. The summed E-state index contributed by atoms with van der Waals surface area (Å²) in [6.07, 6.45) is 7.99. The number of carbonyl (C=O) groups excluding carboxylic acids is 1. The molecular formula is C28H30F2N6O3. The monoisotopic (exact) mass is 536 g/mol. The fourth-order valence-corrected chi connectivity index (χ4v) is 4.56. The van der Waals surface area contributed by atoms with Crippen molar-refractivity contribution in [2.45, 2.75) is 44.2 Å². The van der Waals surface area contributed by atoms with Gasteiger partial charge in [-0.15, -0.1) is 0 Å². The Hall–Kier alpha value is -3.99. The molecule has 1 N–H and O–H groups in total. The Bertz CT molecular complexity index is 1360. The van der Waals surface area contributed by atoms with E-state index in [0.717, 1.165) is 29.7 Å². The first kappa shape index (κ1) is 26.6. The van der Waals surface area contributed by atoms with Crippen LogP contribution in [0.25, 0.3) is 17.5 Å². The number of carbonyl (C=O) groups is 1. The number of esters is 1. The summed E-state index contributed by atoms with van der Waals surface area (Å²) in [5.74, 6) is -1.44. The maximum atomic E-state index is 13.5. The maximum absolute atomic E-state index is 13.5. The first-order chi connectivity index (χ1) is 18.8. The quantitative estimate of drug-likeness (QED) is 0.297. The Balaban J connectivity index is 1.37. The molecule has 3 heterocycles. The van der Waals surface area contributed by atoms with Crippen molar-refractivity contribution in [3.8, 4) is 17.3 Å². The Morgan fingerprint density at radius 1 is 1.15 bits per heavy atom. The first-order valence-electron chi connectivity index (χ1n) is 12.8. The first-order valence-corrected chi connectivity index (χ1v) is 12.8. The third kappa shape index (κ3) is 6.54. The third-order valence-corrected chi connectivity index (χ3v) is 6.78. The lowest BCUT2D eigenvalue weighted by Crippen LogP contribution is -2.24. The lowest BCUT2D eigenvalue weighted by atomic mass is 10.1. The van der Waals surface area contributed by atoms with Crippen molar-refractivity contribution in [1.29, 1.82) is 0 Å². The number of nitrogens with zero attached hydrogens (tertiary/aromatic N) is 5. The summed E-state index contributed by atoms with van der Waals surface area (Å²) in [6.45, 7) is 1.13. The molecule has 0 unspecified atom stereocenters. The summed E-state index contributed by atoms with van der Waals surface area (Å²) >= 11 is 0. The van der Waals surface area contributed by atoms with Gasteiger partial charge in [0.05, 0.1) is 26.5 Å². The number of methoxy groups -OCH3 is 2. The van der Waals surface area contributed by atoms with Gasteiger partial charge in [0.15, 0.2) is 5.82 Å². The molecule has 0 atom stereocenters. The number of rotatable bonds is 10. The van der Waals surface area contributed by atoms with Crippen LogP contribution >= 0.6 is 0 Å². The van der Waals surface area contributed by atoms with Crippen LogP contribution in [0.2, 0.25) is 0 Å². The number of ether oxygens (including phenoxy) is 2. The van der Waals surface area contributed by atoms with Crippen molar-refractivity contribution in [1.82, 2.24) is 24.8 Å². The van der Waals surface area contributed by atoms with Crippen molar-refractivity contribution in [3.63, 3.8) is 0 Å². The van der Waals surface area contributed by atoms with E-state index < -0.39 is 11.9 Å². The second-order valence-electron chi connectivity index (χ2n) is 9.76. The van der Waals surface area contributed by atoms with E-state index in [1.54, 1.807) is 24.3 Å². The van der Waals surface area contributed by atoms with Gasteiger partial charge in [0.1, 0.15) is 17.7 Å². The standard InChI is InChI=1S/C28H30F2N6O3/c1-38-22(37)10-9-21-14-32-26(23-24(20-7-8-20)33-17-34-27(23)39-2)35-25(21)31-13-18-3-5-19(6-4-18)15-36-12-11-28(29,30)16-36/h3-6,9-10,14,17,20H,7-8,11-13,15-16H2,1-2H3,(H,31,32,35)/b10-9+. The smallest absolute Gasteiger partial charge is 0.330 e. The highest BCUT2D eigenvalue weighted by molar-refractivity contribution is 5.88. The van der Waals surface area contributed by atoms with Crippen molar-refractivity contribution in [2.24, 2.45) is 0 Å². The number of halogens is 2. The molecule has 0 radical (unpaired) electrons. The SMILES string of the molecule is COC(=O)/C=C/c1cnc(-c2c(OC)ncnc2C2CC2)nc1NCc1ccc(CN2CCC(F)(F)C2)cc1. The summed E-state index contributed by atoms with van der Waals surface area (Å²) in [5.41, 5.74) is 4.07. The van der Waals surface area contributed by atoms with Gasteiger partial charge in [0, 0.05) is 49.8 Å². The molecule has 39 heavy (non-hydrogen) atoms. The van der Waals surface area contributed by atoms with Gasteiger partial charge in [-0.1, -0.05) is 24.3 Å². The average molecular weight is 537 g/mol. The topological polar surface area (TPSA) is 102 Å². The van der Waals surface area contributed by atoms with Gasteiger partial charge in [-0.2, -0.15) is 0 Å². The van der Waals surface area contributed by atoms with Crippen molar-refractivity contribution < 1.29 is 23.0 Å². The number of likely N-dealkylation sites (tertiary alicyclic amines) is 1. The second-order valence-corrected chi connectivity index (χ2v) is 9.76. The van der Waals surface area contributed by atoms with Gasteiger partial charge in [-0.25, -0.2) is 33.5 Å². The molecule has 0 bridgehead atoms. The van der Waals surface area contributed by atoms with E-state index in [2.05, 4.69) is 20.3 Å². The van der Waals surface area contributed by atoms with Gasteiger partial charge >= 0.3 is 5.97 Å². The zero-order chi connectivity index (χ0) is 27.4. The molecule has 2 fully saturated rings. The highest BCUT2D eigenvalue weighted by atomic mass is 19.3. The molecule has 2 aromatic heterocycles. The molecule has 11 heteroatoms. The number of hydrogen-bond donors (Lipinski definition) is 1. The van der Waals surface area contributed by atoms with Crippen LogP contribution in [0, 0.1) is 0 Å². The highest BCUT2D eigenvalue weighted by Crippen LogP contribution is 2.45. The summed E-state index contributed by atoms with van der Waals surface area (Å²) in [5, 5.41) is 3.34. The Kier molecular flexibility index (Phi) is 7.78. The van der Waals surface area contributed by atoms with Crippen LogP contribution in [0.5, 0.6) is 5.88 Å². The summed E-state index contributed by atoms with van der Waals surface area (Å²) in [6, 6.07) is 7.82. The molecule has 5 rings (SSSR count). The minimum atomic E-state index is -2.60. The van der Waals surface area contributed by atoms with E-state index in [4.69, 9.17) is 14.5 Å². The van der Waals surface area contributed by atoms with Crippen LogP contribution in [0.15, 0.2) is 42.9 Å². The zero-order valence-electron chi connectivity index (χ0n) is 21.9. The fraction of sp³-hybridized carbons (Fsp3) is 0.393. The molecule has 9 nitrogen and oxygen atoms in total. The molecular weight excluding hydrogens is 506 g/mol. The predicted molar refractivity (Wildman–Crippen MR) is 141 cm³/mol. The Morgan fingerprint density at radius 2 is 1.92 bits per heavy atom. The molecule has 1 aromatic carbocycles. The Labute approximate surface area is 225 Å². The molecule has 1 aliphatic heterocycles. The maximum Gasteiger partial charge on any atom is 0.330 e. The number of aromatic nitrogens is 4. The molecule has 1 saturated heterocycles. The number of hydrogen-bond acceptors (Lipinski definition) is 9. The van der Waals surface area contributed by atoms with Gasteiger partial charge < -0.3 is 14.8 Å². The molecule has 3 aromatic rings. The largest absolute Gasteiger partial charge is 0.480 e. The average Bonchev–Trinajstić information content (AvgIpc) is 3.74. The van der Waals surface area contributed by atoms with Crippen LogP contribution in [0.3, 0.4) is 0 Å². The summed E-state index contributed by atoms with van der Waals surface area (Å²) < 4.78 is 37.3. The van der Waals surface area contributed by atoms with Crippen molar-refractivity contribution >= 4 is 17.9 Å². The van der Waals surface area contributed by atoms with Gasteiger partial charge in [0.25, 0.3) is 5.92 Å². The second kappa shape index (κ2) is 11.4. The molecule has 0 amide bonds. The molecule has 0 spiro atoms. The summed E-state index contributed by atoms with van der Waals surface area (Å²) in [4.78, 5) is 31.6. The number of anilines is 1. The molecule has 1 saturated carbocycles. The van der Waals surface area contributed by atoms with E-state index in [1.165, 1.54) is 19.5 Å². The van der Waals surface area contributed by atoms with Gasteiger partial charge in [-0.3, -0.25) is 4.90 Å². The Morgan fingerprint density at radius 3 is 2.59 bits per heavy atom. The van der Waals surface area contributed by atoms with Gasteiger partial charge in [-0.05, 0) is 30.0 Å². The van der Waals surface area contributed by atoms with Crippen molar-refractivity contribution in [2.75, 3.05) is 32.6 Å². The highest BCUT2D eigenvalue weighted by Gasteiger charge is 2.37. The fourth-order valence-electron chi connectivity index (χ4n) is 4.56. The number of alkyl halides is 2. The lowest BCUT2D eigenvalue weighted by Gasteiger charge is -2.16. The summed E-state index contributed by atoms with van der Waals surface area (Å²) in [7, 11) is 2.86. The number of nitrogens with one attached hydrogen (secondary N) is 1. The van der Waals surface area contributed by atoms with Crippen LogP contribution in [0.1, 0.15) is 47.6 Å². The van der Waals surface area contributed by atoms with Crippen molar-refractivity contribution in [3.05, 3.63) is 65.2 Å². The van der Waals surface area contributed by atoms with Crippen LogP contribution in [0.4, 0.5) is 14.6 Å². The van der Waals surface area contributed by atoms with Gasteiger partial charge in [0.2, 0.25) is 5.88 Å². The normalized spacial score (nSPS) is 16.9. The third-order valence-electron chi connectivity index (χ3n) is 6.78. The molecule has 204 valence electrons.